The number of rotatable bonds is 3. The molecule has 0 aliphatic rings. The number of pyridine rings is 1. The van der Waals surface area contributed by atoms with Crippen molar-refractivity contribution in [3.8, 4) is 6.07 Å². The summed E-state index contributed by atoms with van der Waals surface area (Å²) in [6, 6.07) is 2.75. The van der Waals surface area contributed by atoms with E-state index in [0.29, 0.717) is 0 Å². The fraction of sp³-hybridized carbons (Fsp3) is 0.333. The van der Waals surface area contributed by atoms with Gasteiger partial charge in [-0.05, 0) is 6.07 Å². The first kappa shape index (κ1) is 11.5. The van der Waals surface area contributed by atoms with Crippen LogP contribution in [0.1, 0.15) is 28.9 Å². The van der Waals surface area contributed by atoms with Gasteiger partial charge in [-0.1, -0.05) is 0 Å². The van der Waals surface area contributed by atoms with Crippen molar-refractivity contribution in [2.24, 2.45) is 5.73 Å². The van der Waals surface area contributed by atoms with Gasteiger partial charge < -0.3 is 10.8 Å². The van der Waals surface area contributed by atoms with Gasteiger partial charge in [0.05, 0.1) is 23.6 Å². The molecule has 0 bridgehead atoms. The Balaban J connectivity index is 3.36. The topological polar surface area (TPSA) is 82.9 Å². The van der Waals surface area contributed by atoms with Crippen LogP contribution < -0.4 is 5.73 Å². The molecule has 0 aliphatic heterocycles. The Morgan fingerprint density at radius 2 is 2.20 bits per heavy atom. The van der Waals surface area contributed by atoms with E-state index in [1.165, 1.54) is 0 Å². The number of aromatic nitrogens is 1. The van der Waals surface area contributed by atoms with Gasteiger partial charge in [0.2, 0.25) is 0 Å². The van der Waals surface area contributed by atoms with E-state index in [4.69, 9.17) is 16.1 Å². The molecule has 0 unspecified atom stereocenters. The number of aliphatic hydroxyl groups is 1. The minimum Gasteiger partial charge on any atom is -0.390 e. The van der Waals surface area contributed by atoms with Gasteiger partial charge in [0.1, 0.15) is 6.07 Å². The molecule has 0 saturated carbocycles. The van der Waals surface area contributed by atoms with E-state index in [9.17, 15) is 8.78 Å². The van der Waals surface area contributed by atoms with Gasteiger partial charge in [-0.15, -0.1) is 0 Å². The molecule has 0 radical (unpaired) electrons. The molecule has 0 spiro atoms. The average molecular weight is 213 g/mol. The number of hydrogen-bond donors (Lipinski definition) is 2. The van der Waals surface area contributed by atoms with Crippen LogP contribution in [0.3, 0.4) is 0 Å². The Morgan fingerprint density at radius 1 is 1.53 bits per heavy atom. The number of nitrogens with zero attached hydrogens (tertiary/aromatic N) is 2. The molecule has 0 aromatic carbocycles. The highest BCUT2D eigenvalue weighted by Crippen LogP contribution is 2.24. The van der Waals surface area contributed by atoms with Crippen LogP contribution in [-0.2, 0) is 13.2 Å². The fourth-order valence-corrected chi connectivity index (χ4v) is 1.18. The van der Waals surface area contributed by atoms with Crippen LogP contribution in [0.4, 0.5) is 8.78 Å². The van der Waals surface area contributed by atoms with E-state index in [2.05, 4.69) is 4.98 Å². The van der Waals surface area contributed by atoms with Crippen LogP contribution in [0.5, 0.6) is 0 Å². The molecular formula is C9H9F2N3O. The maximum Gasteiger partial charge on any atom is 0.265 e. The van der Waals surface area contributed by atoms with Gasteiger partial charge in [-0.3, -0.25) is 4.98 Å². The van der Waals surface area contributed by atoms with Crippen molar-refractivity contribution >= 4 is 0 Å². The lowest BCUT2D eigenvalue weighted by molar-refractivity contribution is 0.146. The lowest BCUT2D eigenvalue weighted by Gasteiger charge is -2.08. The van der Waals surface area contributed by atoms with Gasteiger partial charge in [0, 0.05) is 12.1 Å². The number of hydrogen-bond acceptors (Lipinski definition) is 4. The molecule has 1 aromatic heterocycles. The third-order valence-corrected chi connectivity index (χ3v) is 1.91. The summed E-state index contributed by atoms with van der Waals surface area (Å²) in [5.74, 6) is 0. The predicted octanol–water partition coefficient (Wildman–Crippen LogP) is 0.842. The highest BCUT2D eigenvalue weighted by molar-refractivity contribution is 5.39. The quantitative estimate of drug-likeness (QED) is 0.779. The normalized spacial score (nSPS) is 10.4. The Bertz CT molecular complexity index is 401. The number of nitriles is 1. The minimum atomic E-state index is -2.77. The van der Waals surface area contributed by atoms with Crippen molar-refractivity contribution in [1.29, 1.82) is 5.26 Å². The maximum absolute atomic E-state index is 12.5. The van der Waals surface area contributed by atoms with Crippen molar-refractivity contribution in [2.45, 2.75) is 19.6 Å². The number of nitrogens with two attached hydrogens (primary N) is 1. The summed E-state index contributed by atoms with van der Waals surface area (Å²) in [6.07, 6.45) is -2.77. The minimum absolute atomic E-state index is 0.0185. The van der Waals surface area contributed by atoms with Crippen LogP contribution in [0.25, 0.3) is 0 Å². The molecule has 1 heterocycles. The molecule has 0 fully saturated rings. The van der Waals surface area contributed by atoms with E-state index < -0.39 is 18.6 Å². The van der Waals surface area contributed by atoms with Gasteiger partial charge in [0.15, 0.2) is 0 Å². The van der Waals surface area contributed by atoms with Crippen molar-refractivity contribution in [2.75, 3.05) is 0 Å². The van der Waals surface area contributed by atoms with Crippen LogP contribution >= 0.6 is 0 Å². The lowest BCUT2D eigenvalue weighted by Crippen LogP contribution is -2.08. The van der Waals surface area contributed by atoms with E-state index in [1.807, 2.05) is 0 Å². The Kier molecular flexibility index (Phi) is 3.66. The molecule has 1 aromatic rings. The first-order chi connectivity index (χ1) is 7.13. The summed E-state index contributed by atoms with van der Waals surface area (Å²) in [5, 5.41) is 17.5. The molecule has 3 N–H and O–H groups in total. The van der Waals surface area contributed by atoms with Crippen molar-refractivity contribution < 1.29 is 13.9 Å². The molecule has 0 amide bonds. The summed E-state index contributed by atoms with van der Waals surface area (Å²) in [7, 11) is 0. The van der Waals surface area contributed by atoms with Crippen molar-refractivity contribution in [1.82, 2.24) is 4.98 Å². The maximum atomic E-state index is 12.5. The summed E-state index contributed by atoms with van der Waals surface area (Å²) in [4.78, 5) is 3.72. The Hall–Kier alpha value is -1.58. The Labute approximate surface area is 85.0 Å². The van der Waals surface area contributed by atoms with Gasteiger partial charge in [-0.25, -0.2) is 8.78 Å². The van der Waals surface area contributed by atoms with Crippen LogP contribution in [0, 0.1) is 11.3 Å². The standard InChI is InChI=1S/C9H9F2N3O/c10-9(11)6-1-5(2-12)7(3-13)14-8(6)4-15/h1,9,15H,3-4,13H2. The summed E-state index contributed by atoms with van der Waals surface area (Å²) in [6.45, 7) is -0.627. The smallest absolute Gasteiger partial charge is 0.265 e. The molecule has 4 nitrogen and oxygen atoms in total. The van der Waals surface area contributed by atoms with Crippen LogP contribution in [0.2, 0.25) is 0 Å². The molecule has 15 heavy (non-hydrogen) atoms. The fourth-order valence-electron chi connectivity index (χ4n) is 1.18. The average Bonchev–Trinajstić information content (AvgIpc) is 2.26. The third-order valence-electron chi connectivity index (χ3n) is 1.91. The summed E-state index contributed by atoms with van der Waals surface area (Å²) < 4.78 is 24.9. The predicted molar refractivity (Wildman–Crippen MR) is 47.7 cm³/mol. The largest absolute Gasteiger partial charge is 0.390 e. The second-order valence-electron chi connectivity index (χ2n) is 2.79. The molecule has 0 saturated heterocycles. The van der Waals surface area contributed by atoms with Gasteiger partial charge in [0.25, 0.3) is 6.43 Å². The van der Waals surface area contributed by atoms with Crippen LogP contribution in [0.15, 0.2) is 6.07 Å². The summed E-state index contributed by atoms with van der Waals surface area (Å²) in [5.41, 5.74) is 4.97. The van der Waals surface area contributed by atoms with E-state index >= 15 is 0 Å². The zero-order valence-electron chi connectivity index (χ0n) is 7.74. The highest BCUT2D eigenvalue weighted by Gasteiger charge is 2.17. The van der Waals surface area contributed by atoms with Crippen LogP contribution in [-0.4, -0.2) is 10.1 Å². The first-order valence-electron chi connectivity index (χ1n) is 4.15. The van der Waals surface area contributed by atoms with E-state index in [1.54, 1.807) is 6.07 Å². The van der Waals surface area contributed by atoms with Gasteiger partial charge in [-0.2, -0.15) is 5.26 Å². The number of halogens is 2. The van der Waals surface area contributed by atoms with Crippen molar-refractivity contribution in [3.63, 3.8) is 0 Å². The molecule has 80 valence electrons. The first-order valence-corrected chi connectivity index (χ1v) is 4.15. The number of aliphatic hydroxyl groups excluding tert-OH is 1. The van der Waals surface area contributed by atoms with Gasteiger partial charge >= 0.3 is 0 Å². The second-order valence-corrected chi connectivity index (χ2v) is 2.79. The molecule has 0 aliphatic carbocycles. The zero-order chi connectivity index (χ0) is 11.4. The molecule has 1 rings (SSSR count). The Morgan fingerprint density at radius 3 is 2.60 bits per heavy atom. The SMILES string of the molecule is N#Cc1cc(C(F)F)c(CO)nc1CN. The highest BCUT2D eigenvalue weighted by atomic mass is 19.3. The van der Waals surface area contributed by atoms with E-state index in [-0.39, 0.29) is 23.5 Å². The third kappa shape index (κ3) is 2.26. The van der Waals surface area contributed by atoms with E-state index in [0.717, 1.165) is 6.07 Å². The number of alkyl halides is 2. The van der Waals surface area contributed by atoms with Crippen molar-refractivity contribution in [3.05, 3.63) is 28.6 Å². The molecular weight excluding hydrogens is 204 g/mol. The molecule has 0 atom stereocenters. The zero-order valence-corrected chi connectivity index (χ0v) is 7.74. The summed E-state index contributed by atoms with van der Waals surface area (Å²) >= 11 is 0. The molecule has 6 heteroatoms. The second kappa shape index (κ2) is 4.77. The lowest BCUT2D eigenvalue weighted by atomic mass is 10.1. The monoisotopic (exact) mass is 213 g/mol.